The lowest BCUT2D eigenvalue weighted by Crippen LogP contribution is -2.41. The van der Waals surface area contributed by atoms with Crippen molar-refractivity contribution >= 4 is 11.9 Å². The van der Waals surface area contributed by atoms with Gasteiger partial charge in [-0.1, -0.05) is 12.1 Å². The molecule has 0 saturated carbocycles. The van der Waals surface area contributed by atoms with E-state index in [0.717, 1.165) is 6.39 Å². The van der Waals surface area contributed by atoms with E-state index in [1.165, 1.54) is 29.2 Å². The molecule has 0 aliphatic carbocycles. The van der Waals surface area contributed by atoms with Crippen LogP contribution in [-0.4, -0.2) is 45.1 Å². The molecular weight excluding hydrogens is 331 g/mol. The van der Waals surface area contributed by atoms with Crippen LogP contribution in [0.15, 0.2) is 35.1 Å². The molecule has 2 atom stereocenters. The van der Waals surface area contributed by atoms with E-state index in [0.29, 0.717) is 24.9 Å². The number of aliphatic hydroxyl groups excluding tert-OH is 1. The first kappa shape index (κ1) is 17.1. The van der Waals surface area contributed by atoms with Crippen LogP contribution in [0.4, 0.5) is 4.39 Å². The van der Waals surface area contributed by atoms with Crippen molar-refractivity contribution in [1.82, 2.24) is 9.88 Å². The summed E-state index contributed by atoms with van der Waals surface area (Å²) in [6, 6.07) is 5.08. The van der Waals surface area contributed by atoms with E-state index in [9.17, 15) is 19.1 Å². The number of nitrogens with zero attached hydrogens (tertiary/aromatic N) is 2. The largest absolute Gasteiger partial charge is 0.476 e. The molecule has 1 fully saturated rings. The fourth-order valence-corrected chi connectivity index (χ4v) is 3.06. The molecule has 3 rings (SSSR count). The number of aromatic nitrogens is 1. The molecule has 2 heterocycles. The number of carboxylic acid groups (broad SMARTS) is 1. The Morgan fingerprint density at radius 1 is 1.32 bits per heavy atom. The van der Waals surface area contributed by atoms with Gasteiger partial charge in [0.05, 0.1) is 0 Å². The van der Waals surface area contributed by atoms with Gasteiger partial charge >= 0.3 is 5.97 Å². The highest BCUT2D eigenvalue weighted by atomic mass is 19.1. The second kappa shape index (κ2) is 7.02. The highest BCUT2D eigenvalue weighted by molar-refractivity contribution is 5.86. The fraction of sp³-hybridized carbons (Fsp3) is 0.353. The lowest BCUT2D eigenvalue weighted by atomic mass is 9.93. The summed E-state index contributed by atoms with van der Waals surface area (Å²) < 4.78 is 18.2. The molecular formula is C17H17FN2O5. The number of rotatable bonds is 4. The topological polar surface area (TPSA) is 104 Å². The number of carbonyl (C=O) groups is 2. The Balaban J connectivity index is 1.74. The number of carbonyl (C=O) groups excluding carboxylic acids is 1. The Morgan fingerprint density at radius 2 is 2.04 bits per heavy atom. The number of aromatic carboxylic acids is 1. The average molecular weight is 348 g/mol. The Hall–Kier alpha value is -2.74. The molecule has 1 aliphatic heterocycles. The zero-order chi connectivity index (χ0) is 18.0. The Kier molecular flexibility index (Phi) is 4.80. The van der Waals surface area contributed by atoms with E-state index >= 15 is 0 Å². The summed E-state index contributed by atoms with van der Waals surface area (Å²) in [6.45, 7) is 0.677. The third kappa shape index (κ3) is 3.53. The second-order valence-corrected chi connectivity index (χ2v) is 5.95. The molecule has 1 aromatic carbocycles. The van der Waals surface area contributed by atoms with Gasteiger partial charge in [-0.15, -0.1) is 0 Å². The maximum absolute atomic E-state index is 13.0. The van der Waals surface area contributed by atoms with E-state index in [4.69, 9.17) is 9.52 Å². The van der Waals surface area contributed by atoms with Crippen molar-refractivity contribution in [3.05, 3.63) is 53.5 Å². The summed E-state index contributed by atoms with van der Waals surface area (Å²) >= 11 is 0. The number of hydrogen-bond acceptors (Lipinski definition) is 5. The average Bonchev–Trinajstić information content (AvgIpc) is 3.11. The van der Waals surface area contributed by atoms with Crippen LogP contribution in [-0.2, 0) is 4.79 Å². The van der Waals surface area contributed by atoms with Gasteiger partial charge < -0.3 is 19.5 Å². The molecule has 0 radical (unpaired) electrons. The summed E-state index contributed by atoms with van der Waals surface area (Å²) in [6.07, 6.45) is 0.985. The Labute approximate surface area is 142 Å². The van der Waals surface area contributed by atoms with Crippen molar-refractivity contribution in [3.63, 3.8) is 0 Å². The molecule has 132 valence electrons. The molecule has 25 heavy (non-hydrogen) atoms. The van der Waals surface area contributed by atoms with Gasteiger partial charge in [-0.3, -0.25) is 4.79 Å². The molecule has 0 bridgehead atoms. The third-order valence-electron chi connectivity index (χ3n) is 4.32. The standard InChI is InChI=1S/C17H17FN2O5/c18-12-5-3-10(4-6-12)14(21)16(22)20-7-1-2-11(8-20)15-13(17(23)24)19-9-25-15/h3-6,9,11,14,21H,1-2,7-8H2,(H,23,24)/t11?,14-/m1/s1. The van der Waals surface area contributed by atoms with Crippen molar-refractivity contribution in [3.8, 4) is 0 Å². The number of halogens is 1. The molecule has 1 aromatic heterocycles. The van der Waals surface area contributed by atoms with E-state index in [2.05, 4.69) is 4.98 Å². The van der Waals surface area contributed by atoms with Gasteiger partial charge in [0.15, 0.2) is 18.2 Å². The van der Waals surface area contributed by atoms with Crippen LogP contribution >= 0.6 is 0 Å². The summed E-state index contributed by atoms with van der Waals surface area (Å²) in [7, 11) is 0. The van der Waals surface area contributed by atoms with Gasteiger partial charge in [-0.2, -0.15) is 0 Å². The highest BCUT2D eigenvalue weighted by Crippen LogP contribution is 2.30. The minimum Gasteiger partial charge on any atom is -0.476 e. The normalized spacial score (nSPS) is 18.8. The van der Waals surface area contributed by atoms with E-state index in [1.54, 1.807) is 0 Å². The van der Waals surface area contributed by atoms with Crippen molar-refractivity contribution in [2.24, 2.45) is 0 Å². The molecule has 7 nitrogen and oxygen atoms in total. The van der Waals surface area contributed by atoms with E-state index < -0.39 is 23.8 Å². The van der Waals surface area contributed by atoms with E-state index in [1.807, 2.05) is 0 Å². The monoisotopic (exact) mass is 348 g/mol. The first-order valence-electron chi connectivity index (χ1n) is 7.86. The zero-order valence-corrected chi connectivity index (χ0v) is 13.3. The SMILES string of the molecule is O=C(O)c1ncoc1C1CCCN(C(=O)[C@H](O)c2ccc(F)cc2)C1. The van der Waals surface area contributed by atoms with Crippen molar-refractivity contribution in [2.45, 2.75) is 24.9 Å². The molecule has 1 amide bonds. The summed E-state index contributed by atoms with van der Waals surface area (Å²) in [5.41, 5.74) is 0.151. The number of carboxylic acids is 1. The number of oxazole rings is 1. The predicted octanol–water partition coefficient (Wildman–Crippen LogP) is 1.95. The first-order chi connectivity index (χ1) is 12.0. The minimum atomic E-state index is -1.40. The van der Waals surface area contributed by atoms with Crippen LogP contribution in [0, 0.1) is 5.82 Å². The lowest BCUT2D eigenvalue weighted by molar-refractivity contribution is -0.141. The van der Waals surface area contributed by atoms with Gasteiger partial charge in [0.2, 0.25) is 0 Å². The minimum absolute atomic E-state index is 0.154. The Morgan fingerprint density at radius 3 is 2.72 bits per heavy atom. The van der Waals surface area contributed by atoms with Crippen molar-refractivity contribution < 1.29 is 28.6 Å². The Bertz CT molecular complexity index is 774. The van der Waals surface area contributed by atoms with Crippen LogP contribution < -0.4 is 0 Å². The molecule has 1 saturated heterocycles. The summed E-state index contributed by atoms with van der Waals surface area (Å²) in [5.74, 6) is -2.20. The predicted molar refractivity (Wildman–Crippen MR) is 83.4 cm³/mol. The molecule has 0 spiro atoms. The van der Waals surface area contributed by atoms with Gasteiger partial charge in [0, 0.05) is 19.0 Å². The number of likely N-dealkylation sites (tertiary alicyclic amines) is 1. The van der Waals surface area contributed by atoms with E-state index in [-0.39, 0.29) is 23.9 Å². The van der Waals surface area contributed by atoms with Gasteiger partial charge in [-0.05, 0) is 30.5 Å². The van der Waals surface area contributed by atoms with Crippen molar-refractivity contribution in [2.75, 3.05) is 13.1 Å². The van der Waals surface area contributed by atoms with Gasteiger partial charge in [0.1, 0.15) is 11.6 Å². The second-order valence-electron chi connectivity index (χ2n) is 5.95. The smallest absolute Gasteiger partial charge is 0.358 e. The van der Waals surface area contributed by atoms with Gasteiger partial charge in [-0.25, -0.2) is 14.2 Å². The molecule has 1 unspecified atom stereocenters. The fourth-order valence-electron chi connectivity index (χ4n) is 3.06. The van der Waals surface area contributed by atoms with Crippen molar-refractivity contribution in [1.29, 1.82) is 0 Å². The van der Waals surface area contributed by atoms with Gasteiger partial charge in [0.25, 0.3) is 5.91 Å². The highest BCUT2D eigenvalue weighted by Gasteiger charge is 2.33. The maximum atomic E-state index is 13.0. The number of benzene rings is 1. The number of amides is 1. The molecule has 8 heteroatoms. The quantitative estimate of drug-likeness (QED) is 0.875. The van der Waals surface area contributed by atoms with Crippen LogP contribution in [0.2, 0.25) is 0 Å². The zero-order valence-electron chi connectivity index (χ0n) is 13.3. The molecule has 2 N–H and O–H groups in total. The van der Waals surface area contributed by atoms with Crippen LogP contribution in [0.5, 0.6) is 0 Å². The number of piperidine rings is 1. The summed E-state index contributed by atoms with van der Waals surface area (Å²) in [5, 5.41) is 19.4. The van der Waals surface area contributed by atoms with Crippen LogP contribution in [0.25, 0.3) is 0 Å². The summed E-state index contributed by atoms with van der Waals surface area (Å²) in [4.78, 5) is 28.9. The first-order valence-corrected chi connectivity index (χ1v) is 7.86. The van der Waals surface area contributed by atoms with Crippen LogP contribution in [0.1, 0.15) is 46.7 Å². The number of aliphatic hydroxyl groups is 1. The molecule has 2 aromatic rings. The molecule has 1 aliphatic rings. The number of hydrogen-bond donors (Lipinski definition) is 2. The third-order valence-corrected chi connectivity index (χ3v) is 4.32. The lowest BCUT2D eigenvalue weighted by Gasteiger charge is -2.33. The van der Waals surface area contributed by atoms with Crippen LogP contribution in [0.3, 0.4) is 0 Å². The maximum Gasteiger partial charge on any atom is 0.358 e.